The zero-order valence-corrected chi connectivity index (χ0v) is 13.9. The maximum Gasteiger partial charge on any atom is 0.418 e. The van der Waals surface area contributed by atoms with Crippen molar-refractivity contribution < 1.29 is 23.1 Å². The Morgan fingerprint density at radius 3 is 2.52 bits per heavy atom. The van der Waals surface area contributed by atoms with Gasteiger partial charge in [-0.15, -0.1) is 11.3 Å². The smallest absolute Gasteiger partial charge is 0.418 e. The molecule has 2 aromatic heterocycles. The summed E-state index contributed by atoms with van der Waals surface area (Å²) in [6.07, 6.45) is -4.53. The number of para-hydroxylation sites is 1. The topological polar surface area (TPSA) is 75.1 Å². The van der Waals surface area contributed by atoms with Crippen LogP contribution in [0.4, 0.5) is 24.7 Å². The molecule has 0 aliphatic rings. The molecule has 0 atom stereocenters. The van der Waals surface area contributed by atoms with Gasteiger partial charge in [-0.3, -0.25) is 0 Å². The number of fused-ring (bicyclic) bond motifs is 1. The number of carbonyl (C=O) groups is 1. The molecule has 25 heavy (non-hydrogen) atoms. The minimum absolute atomic E-state index is 0.0852. The second kappa shape index (κ2) is 5.99. The Morgan fingerprint density at radius 2 is 1.88 bits per heavy atom. The van der Waals surface area contributed by atoms with Crippen molar-refractivity contribution in [2.45, 2.75) is 20.0 Å². The van der Waals surface area contributed by atoms with E-state index in [0.29, 0.717) is 21.6 Å². The van der Waals surface area contributed by atoms with E-state index in [1.807, 2.05) is 0 Å². The van der Waals surface area contributed by atoms with Crippen LogP contribution in [0.25, 0.3) is 10.2 Å². The van der Waals surface area contributed by atoms with Crippen LogP contribution < -0.4 is 5.32 Å². The van der Waals surface area contributed by atoms with Crippen LogP contribution in [-0.4, -0.2) is 21.0 Å². The van der Waals surface area contributed by atoms with E-state index in [4.69, 9.17) is 0 Å². The van der Waals surface area contributed by atoms with Crippen LogP contribution in [0, 0.1) is 13.8 Å². The molecular formula is C16H12F3N3O2S. The quantitative estimate of drug-likeness (QED) is 0.698. The van der Waals surface area contributed by atoms with Gasteiger partial charge in [0.2, 0.25) is 0 Å². The summed E-state index contributed by atoms with van der Waals surface area (Å²) in [5.74, 6) is -0.627. The maximum absolute atomic E-state index is 13.2. The number of alkyl halides is 3. The molecule has 0 saturated heterocycles. The fraction of sp³-hybridized carbons (Fsp3) is 0.188. The molecule has 0 saturated carbocycles. The highest BCUT2D eigenvalue weighted by molar-refractivity contribution is 7.20. The zero-order chi connectivity index (χ0) is 18.4. The zero-order valence-electron chi connectivity index (χ0n) is 13.1. The van der Waals surface area contributed by atoms with E-state index in [9.17, 15) is 23.1 Å². The van der Waals surface area contributed by atoms with Crippen LogP contribution in [0.2, 0.25) is 0 Å². The Bertz CT molecular complexity index is 983. The van der Waals surface area contributed by atoms with Crippen molar-refractivity contribution in [1.29, 1.82) is 0 Å². The van der Waals surface area contributed by atoms with Gasteiger partial charge >= 0.3 is 12.1 Å². The first-order valence-corrected chi connectivity index (χ1v) is 7.94. The summed E-state index contributed by atoms with van der Waals surface area (Å²) in [6, 6.07) is 5.04. The number of halogens is 3. The third-order valence-corrected chi connectivity index (χ3v) is 4.76. The minimum atomic E-state index is -4.53. The summed E-state index contributed by atoms with van der Waals surface area (Å²) in [4.78, 5) is 20.2. The molecule has 0 spiro atoms. The monoisotopic (exact) mass is 367 g/mol. The number of nitrogens with zero attached hydrogens (tertiary/aromatic N) is 2. The molecular weight excluding hydrogens is 355 g/mol. The average molecular weight is 367 g/mol. The Kier molecular flexibility index (Phi) is 4.11. The van der Waals surface area contributed by atoms with Gasteiger partial charge in [0.1, 0.15) is 21.3 Å². The van der Waals surface area contributed by atoms with Crippen molar-refractivity contribution in [3.05, 3.63) is 46.1 Å². The average Bonchev–Trinajstić information content (AvgIpc) is 2.83. The van der Waals surface area contributed by atoms with Gasteiger partial charge in [-0.25, -0.2) is 14.8 Å². The molecule has 0 unspecified atom stereocenters. The number of rotatable bonds is 3. The maximum atomic E-state index is 13.2. The van der Waals surface area contributed by atoms with E-state index >= 15 is 0 Å². The first-order chi connectivity index (χ1) is 11.7. The first kappa shape index (κ1) is 17.2. The van der Waals surface area contributed by atoms with Gasteiger partial charge in [-0.05, 0) is 31.5 Å². The minimum Gasteiger partial charge on any atom is -0.477 e. The van der Waals surface area contributed by atoms with Gasteiger partial charge < -0.3 is 10.4 Å². The lowest BCUT2D eigenvalue weighted by molar-refractivity contribution is -0.136. The summed E-state index contributed by atoms with van der Waals surface area (Å²) in [6.45, 7) is 3.18. The second-order valence-electron chi connectivity index (χ2n) is 5.33. The lowest BCUT2D eigenvalue weighted by atomic mass is 10.1. The number of aryl methyl sites for hydroxylation is 2. The number of hydrogen-bond donors (Lipinski definition) is 2. The van der Waals surface area contributed by atoms with Crippen LogP contribution in [0.5, 0.6) is 0 Å². The number of aromatic nitrogens is 2. The van der Waals surface area contributed by atoms with Crippen molar-refractivity contribution in [2.24, 2.45) is 0 Å². The molecule has 0 radical (unpaired) electrons. The summed E-state index contributed by atoms with van der Waals surface area (Å²) in [5.41, 5.74) is -0.567. The molecule has 3 aromatic rings. The fourth-order valence-corrected chi connectivity index (χ4v) is 3.57. The van der Waals surface area contributed by atoms with Crippen molar-refractivity contribution in [1.82, 2.24) is 9.97 Å². The van der Waals surface area contributed by atoms with Gasteiger partial charge in [-0.1, -0.05) is 12.1 Å². The van der Waals surface area contributed by atoms with Gasteiger partial charge in [0.25, 0.3) is 0 Å². The normalized spacial score (nSPS) is 11.7. The predicted molar refractivity (Wildman–Crippen MR) is 88.6 cm³/mol. The third-order valence-electron chi connectivity index (χ3n) is 3.58. The fourth-order valence-electron chi connectivity index (χ4n) is 2.51. The molecule has 0 aliphatic heterocycles. The van der Waals surface area contributed by atoms with Gasteiger partial charge in [0.15, 0.2) is 0 Å². The molecule has 2 heterocycles. The van der Waals surface area contributed by atoms with Gasteiger partial charge in [0, 0.05) is 0 Å². The number of benzene rings is 1. The lowest BCUT2D eigenvalue weighted by Gasteiger charge is -2.15. The molecule has 0 amide bonds. The van der Waals surface area contributed by atoms with Crippen LogP contribution in [0.1, 0.15) is 26.6 Å². The van der Waals surface area contributed by atoms with Gasteiger partial charge in [0.05, 0.1) is 16.6 Å². The Labute approximate surface area is 144 Å². The number of anilines is 2. The molecule has 5 nitrogen and oxygen atoms in total. The van der Waals surface area contributed by atoms with Gasteiger partial charge in [-0.2, -0.15) is 13.2 Å². The molecule has 0 aliphatic carbocycles. The number of aromatic carboxylic acids is 1. The number of carboxylic acids is 1. The summed E-state index contributed by atoms with van der Waals surface area (Å²) >= 11 is 0.968. The summed E-state index contributed by atoms with van der Waals surface area (Å²) < 4.78 is 39.6. The van der Waals surface area contributed by atoms with E-state index in [1.165, 1.54) is 18.2 Å². The van der Waals surface area contributed by atoms with Crippen LogP contribution >= 0.6 is 11.3 Å². The molecule has 3 rings (SSSR count). The molecule has 9 heteroatoms. The largest absolute Gasteiger partial charge is 0.477 e. The molecule has 1 aromatic carbocycles. The first-order valence-electron chi connectivity index (χ1n) is 7.12. The van der Waals surface area contributed by atoms with E-state index in [1.54, 1.807) is 13.8 Å². The summed E-state index contributed by atoms with van der Waals surface area (Å²) in [5, 5.41) is 12.4. The number of thiophene rings is 1. The number of carboxylic acid groups (broad SMARTS) is 1. The Balaban J connectivity index is 2.19. The standard InChI is InChI=1S/C16H12F3N3O2S/c1-7-11-13(20-8(2)21-14(11)25-12(7)15(23)24)22-10-6-4-3-5-9(10)16(17,18)19/h3-6H,1-2H3,(H,23,24)(H,20,21,22). The highest BCUT2D eigenvalue weighted by Crippen LogP contribution is 2.39. The molecule has 130 valence electrons. The van der Waals surface area contributed by atoms with Crippen molar-refractivity contribution in [3.63, 3.8) is 0 Å². The van der Waals surface area contributed by atoms with Crippen molar-refractivity contribution in [2.75, 3.05) is 5.32 Å². The highest BCUT2D eigenvalue weighted by atomic mass is 32.1. The van der Waals surface area contributed by atoms with Crippen molar-refractivity contribution in [3.8, 4) is 0 Å². The van der Waals surface area contributed by atoms with E-state index in [-0.39, 0.29) is 16.4 Å². The predicted octanol–water partition coefficient (Wildman–Crippen LogP) is 4.77. The van der Waals surface area contributed by atoms with Crippen LogP contribution in [0.15, 0.2) is 24.3 Å². The third kappa shape index (κ3) is 3.14. The number of nitrogens with one attached hydrogen (secondary N) is 1. The SMILES string of the molecule is Cc1nc(Nc2ccccc2C(F)(F)F)c2c(C)c(C(=O)O)sc2n1. The Hall–Kier alpha value is -2.68. The lowest BCUT2D eigenvalue weighted by Crippen LogP contribution is -2.09. The number of hydrogen-bond acceptors (Lipinski definition) is 5. The van der Waals surface area contributed by atoms with Crippen LogP contribution in [-0.2, 0) is 6.18 Å². The summed E-state index contributed by atoms with van der Waals surface area (Å²) in [7, 11) is 0. The van der Waals surface area contributed by atoms with Crippen molar-refractivity contribution >= 4 is 39.0 Å². The van der Waals surface area contributed by atoms with E-state index < -0.39 is 17.7 Å². The molecule has 0 bridgehead atoms. The molecule has 2 N–H and O–H groups in total. The Morgan fingerprint density at radius 1 is 1.20 bits per heavy atom. The molecule has 0 fully saturated rings. The van der Waals surface area contributed by atoms with E-state index in [2.05, 4.69) is 15.3 Å². The highest BCUT2D eigenvalue weighted by Gasteiger charge is 2.33. The van der Waals surface area contributed by atoms with E-state index in [0.717, 1.165) is 17.4 Å². The van der Waals surface area contributed by atoms with Crippen LogP contribution in [0.3, 0.4) is 0 Å². The second-order valence-corrected chi connectivity index (χ2v) is 6.33.